The van der Waals surface area contributed by atoms with Crippen LogP contribution in [-0.4, -0.2) is 37.3 Å². The third-order valence-electron chi connectivity index (χ3n) is 6.40. The molecular formula is C33H30Cl3N3O5. The van der Waals surface area contributed by atoms with Gasteiger partial charge in [-0.15, -0.1) is 0 Å². The molecule has 0 spiro atoms. The summed E-state index contributed by atoms with van der Waals surface area (Å²) in [7, 11) is 1.53. The molecule has 0 bridgehead atoms. The van der Waals surface area contributed by atoms with Gasteiger partial charge in [0.1, 0.15) is 18.4 Å². The average Bonchev–Trinajstić information content (AvgIpc) is 3.02. The second-order valence-corrected chi connectivity index (χ2v) is 10.9. The summed E-state index contributed by atoms with van der Waals surface area (Å²) in [5, 5.41) is 8.18. The number of nitrogens with zero attached hydrogens (tertiary/aromatic N) is 1. The molecule has 228 valence electrons. The standard InChI is InChI=1S/C33H30Cl3N3O5/c1-21(44-29-15-13-25(34)18-27(29)36)32(40)38-28(16-22-8-4-3-5-9-22)33(41)39-37-19-23-12-14-30(31(17-23)42-2)43-20-24-10-6-7-11-26(24)35/h3-15,17-19,21,28H,16,20H2,1-2H3,(H,38,40)(H,39,41)/b37-19-/t21-,28-/m0/s1. The van der Waals surface area contributed by atoms with E-state index in [-0.39, 0.29) is 18.1 Å². The molecule has 0 heterocycles. The zero-order valence-electron chi connectivity index (χ0n) is 23.9. The molecule has 44 heavy (non-hydrogen) atoms. The largest absolute Gasteiger partial charge is 0.493 e. The van der Waals surface area contributed by atoms with E-state index in [2.05, 4.69) is 15.8 Å². The highest BCUT2D eigenvalue weighted by molar-refractivity contribution is 6.35. The van der Waals surface area contributed by atoms with Crippen molar-refractivity contribution in [1.82, 2.24) is 10.7 Å². The Morgan fingerprint density at radius 3 is 2.30 bits per heavy atom. The first-order chi connectivity index (χ1) is 21.2. The van der Waals surface area contributed by atoms with Gasteiger partial charge in [-0.25, -0.2) is 5.43 Å². The molecule has 0 aliphatic carbocycles. The lowest BCUT2D eigenvalue weighted by atomic mass is 10.1. The van der Waals surface area contributed by atoms with Gasteiger partial charge in [-0.05, 0) is 60.5 Å². The van der Waals surface area contributed by atoms with Crippen molar-refractivity contribution in [3.8, 4) is 17.2 Å². The van der Waals surface area contributed by atoms with Crippen molar-refractivity contribution in [1.29, 1.82) is 0 Å². The van der Waals surface area contributed by atoms with E-state index in [1.165, 1.54) is 19.4 Å². The fourth-order valence-electron chi connectivity index (χ4n) is 4.07. The van der Waals surface area contributed by atoms with Crippen LogP contribution in [0, 0.1) is 0 Å². The lowest BCUT2D eigenvalue weighted by molar-refractivity contribution is -0.132. The number of hydrazone groups is 1. The van der Waals surface area contributed by atoms with E-state index >= 15 is 0 Å². The van der Waals surface area contributed by atoms with Crippen molar-refractivity contribution in [2.45, 2.75) is 32.1 Å². The van der Waals surface area contributed by atoms with Crippen LogP contribution in [0.2, 0.25) is 15.1 Å². The maximum atomic E-state index is 13.2. The number of methoxy groups -OCH3 is 1. The Morgan fingerprint density at radius 1 is 0.841 bits per heavy atom. The Bertz CT molecular complexity index is 1620. The molecule has 0 unspecified atom stereocenters. The lowest BCUT2D eigenvalue weighted by Gasteiger charge is -2.21. The van der Waals surface area contributed by atoms with Crippen LogP contribution in [0.5, 0.6) is 17.2 Å². The monoisotopic (exact) mass is 653 g/mol. The Hall–Kier alpha value is -4.24. The van der Waals surface area contributed by atoms with Crippen molar-refractivity contribution in [2.75, 3.05) is 7.11 Å². The predicted molar refractivity (Wildman–Crippen MR) is 173 cm³/mol. The zero-order chi connectivity index (χ0) is 31.5. The van der Waals surface area contributed by atoms with Crippen LogP contribution in [-0.2, 0) is 22.6 Å². The Balaban J connectivity index is 1.41. The number of hydrogen-bond donors (Lipinski definition) is 2. The zero-order valence-corrected chi connectivity index (χ0v) is 26.2. The summed E-state index contributed by atoms with van der Waals surface area (Å²) >= 11 is 18.4. The highest BCUT2D eigenvalue weighted by Gasteiger charge is 2.25. The number of benzene rings is 4. The van der Waals surface area contributed by atoms with Crippen LogP contribution in [0.3, 0.4) is 0 Å². The third kappa shape index (κ3) is 9.38. The summed E-state index contributed by atoms with van der Waals surface area (Å²) in [5.41, 5.74) is 4.86. The minimum atomic E-state index is -0.950. The van der Waals surface area contributed by atoms with Crippen LogP contribution in [0.4, 0.5) is 0 Å². The van der Waals surface area contributed by atoms with E-state index < -0.39 is 24.0 Å². The third-order valence-corrected chi connectivity index (χ3v) is 7.30. The van der Waals surface area contributed by atoms with Crippen molar-refractivity contribution >= 4 is 52.8 Å². The van der Waals surface area contributed by atoms with E-state index in [0.717, 1.165) is 11.1 Å². The predicted octanol–water partition coefficient (Wildman–Crippen LogP) is 6.88. The smallest absolute Gasteiger partial charge is 0.262 e. The maximum Gasteiger partial charge on any atom is 0.262 e. The molecule has 0 saturated carbocycles. The van der Waals surface area contributed by atoms with Gasteiger partial charge in [0.2, 0.25) is 0 Å². The molecule has 2 N–H and O–H groups in total. The summed E-state index contributed by atoms with van der Waals surface area (Å²) in [6.45, 7) is 1.83. The maximum absolute atomic E-state index is 13.2. The molecule has 4 aromatic carbocycles. The van der Waals surface area contributed by atoms with E-state index in [0.29, 0.717) is 32.9 Å². The molecular weight excluding hydrogens is 625 g/mol. The topological polar surface area (TPSA) is 98.2 Å². The molecule has 8 nitrogen and oxygen atoms in total. The summed E-state index contributed by atoms with van der Waals surface area (Å²) < 4.78 is 17.1. The molecule has 0 aliphatic rings. The number of nitrogens with one attached hydrogen (secondary N) is 2. The molecule has 0 aliphatic heterocycles. The van der Waals surface area contributed by atoms with Gasteiger partial charge >= 0.3 is 0 Å². The number of carbonyl (C=O) groups excluding carboxylic acids is 2. The molecule has 2 amide bonds. The molecule has 0 fully saturated rings. The molecule has 0 aromatic heterocycles. The normalized spacial score (nSPS) is 12.3. The van der Waals surface area contributed by atoms with Crippen LogP contribution in [0.25, 0.3) is 0 Å². The van der Waals surface area contributed by atoms with Crippen molar-refractivity contribution in [3.63, 3.8) is 0 Å². The van der Waals surface area contributed by atoms with E-state index in [4.69, 9.17) is 49.0 Å². The Labute approximate surface area is 270 Å². The minimum Gasteiger partial charge on any atom is -0.493 e. The summed E-state index contributed by atoms with van der Waals surface area (Å²) in [4.78, 5) is 26.2. The van der Waals surface area contributed by atoms with Crippen molar-refractivity contribution < 1.29 is 23.8 Å². The van der Waals surface area contributed by atoms with Gasteiger partial charge in [0.05, 0.1) is 18.3 Å². The van der Waals surface area contributed by atoms with E-state index in [1.807, 2.05) is 48.5 Å². The number of hydrogen-bond acceptors (Lipinski definition) is 6. The molecule has 11 heteroatoms. The first kappa shape index (κ1) is 32.7. The van der Waals surface area contributed by atoms with Gasteiger partial charge < -0.3 is 19.5 Å². The lowest BCUT2D eigenvalue weighted by Crippen LogP contribution is -2.50. The number of halogens is 3. The first-order valence-corrected chi connectivity index (χ1v) is 14.7. The SMILES string of the molecule is COc1cc(/C=N\NC(=O)[C@H](Cc2ccccc2)NC(=O)[C@H](C)Oc2ccc(Cl)cc2Cl)ccc1OCc1ccccc1Cl. The number of amides is 2. The number of carbonyl (C=O) groups is 2. The van der Waals surface area contributed by atoms with Crippen molar-refractivity contribution in [3.05, 3.63) is 123 Å². The fourth-order valence-corrected chi connectivity index (χ4v) is 4.71. The highest BCUT2D eigenvalue weighted by atomic mass is 35.5. The minimum absolute atomic E-state index is 0.230. The first-order valence-electron chi connectivity index (χ1n) is 13.6. The summed E-state index contributed by atoms with van der Waals surface area (Å²) in [6.07, 6.45) is 0.746. The average molecular weight is 655 g/mol. The van der Waals surface area contributed by atoms with Gasteiger partial charge in [0, 0.05) is 22.0 Å². The number of rotatable bonds is 13. The van der Waals surface area contributed by atoms with E-state index in [1.54, 1.807) is 43.3 Å². The second kappa shape index (κ2) is 16.0. The van der Waals surface area contributed by atoms with Crippen molar-refractivity contribution in [2.24, 2.45) is 5.10 Å². The second-order valence-electron chi connectivity index (χ2n) is 9.61. The van der Waals surface area contributed by atoms with E-state index in [9.17, 15) is 9.59 Å². The molecule has 4 aromatic rings. The van der Waals surface area contributed by atoms with Gasteiger partial charge in [-0.2, -0.15) is 5.10 Å². The van der Waals surface area contributed by atoms with Gasteiger partial charge in [0.25, 0.3) is 11.8 Å². The van der Waals surface area contributed by atoms with Crippen LogP contribution >= 0.6 is 34.8 Å². The molecule has 4 rings (SSSR count). The fraction of sp³-hybridized carbons (Fsp3) is 0.182. The number of ether oxygens (including phenoxy) is 3. The highest BCUT2D eigenvalue weighted by Crippen LogP contribution is 2.30. The quantitative estimate of drug-likeness (QED) is 0.121. The summed E-state index contributed by atoms with van der Waals surface area (Å²) in [5.74, 6) is 0.282. The van der Waals surface area contributed by atoms with Crippen LogP contribution in [0.1, 0.15) is 23.6 Å². The molecule has 2 atom stereocenters. The van der Waals surface area contributed by atoms with Gasteiger partial charge in [-0.3, -0.25) is 9.59 Å². The Morgan fingerprint density at radius 2 is 1.57 bits per heavy atom. The Kier molecular flexibility index (Phi) is 11.9. The molecule has 0 radical (unpaired) electrons. The van der Waals surface area contributed by atoms with Gasteiger partial charge in [-0.1, -0.05) is 83.3 Å². The molecule has 0 saturated heterocycles. The summed E-state index contributed by atoms with van der Waals surface area (Å²) in [6, 6.07) is 25.7. The van der Waals surface area contributed by atoms with Crippen LogP contribution < -0.4 is 25.0 Å². The van der Waals surface area contributed by atoms with Crippen LogP contribution in [0.15, 0.2) is 96.1 Å². The van der Waals surface area contributed by atoms with Gasteiger partial charge in [0.15, 0.2) is 17.6 Å².